The molecule has 7 heteroatoms. The number of rotatable bonds is 3. The van der Waals surface area contributed by atoms with Crippen LogP contribution in [-0.4, -0.2) is 39.4 Å². The minimum absolute atomic E-state index is 0.0231. The van der Waals surface area contributed by atoms with Gasteiger partial charge >= 0.3 is 0 Å². The summed E-state index contributed by atoms with van der Waals surface area (Å²) in [5.41, 5.74) is 1.43. The molecule has 5 nitrogen and oxygen atoms in total. The van der Waals surface area contributed by atoms with Crippen LogP contribution in [0.25, 0.3) is 32.9 Å². The van der Waals surface area contributed by atoms with Crippen LogP contribution in [0, 0.1) is 30.0 Å². The molecule has 2 aromatic carbocycles. The number of phenols is 1. The molecule has 2 fully saturated rings. The minimum atomic E-state index is -0.532. The van der Waals surface area contributed by atoms with Gasteiger partial charge in [-0.05, 0) is 60.9 Å². The second kappa shape index (κ2) is 8.14. The van der Waals surface area contributed by atoms with E-state index in [4.69, 9.17) is 11.4 Å². The lowest BCUT2D eigenvalue weighted by Crippen LogP contribution is -2.37. The number of aromatic hydroxyl groups is 1. The summed E-state index contributed by atoms with van der Waals surface area (Å²) in [4.78, 5) is 16.1. The first-order valence-electron chi connectivity index (χ1n) is 11.4. The molecule has 6 rings (SSSR count). The molecule has 1 aliphatic heterocycles. The summed E-state index contributed by atoms with van der Waals surface area (Å²) >= 11 is 1.40. The highest BCUT2D eigenvalue weighted by molar-refractivity contribution is 7.98. The SMILES string of the molecule is C#Cc1cccc2cc(O)cc(-c3ncc4c(N5CC6CCC(C6)C5)nc(SC)nc4c3F)c12. The molecule has 1 aliphatic carbocycles. The number of pyridine rings is 1. The van der Waals surface area contributed by atoms with Gasteiger partial charge in [0.1, 0.15) is 22.8 Å². The number of aromatic nitrogens is 3. The number of benzene rings is 2. The van der Waals surface area contributed by atoms with Crippen LogP contribution in [0.2, 0.25) is 0 Å². The molecule has 1 N–H and O–H groups in total. The number of fused-ring (bicyclic) bond motifs is 4. The largest absolute Gasteiger partial charge is 0.508 e. The molecule has 2 unspecified atom stereocenters. The third kappa shape index (κ3) is 3.36. The molecule has 1 saturated heterocycles. The number of anilines is 1. The van der Waals surface area contributed by atoms with Crippen molar-refractivity contribution in [2.45, 2.75) is 24.4 Å². The third-order valence-electron chi connectivity index (χ3n) is 7.10. The molecule has 2 bridgehead atoms. The highest BCUT2D eigenvalue weighted by Crippen LogP contribution is 2.41. The summed E-state index contributed by atoms with van der Waals surface area (Å²) in [6, 6.07) is 8.60. The third-order valence-corrected chi connectivity index (χ3v) is 7.65. The molecule has 0 radical (unpaired) electrons. The Morgan fingerprint density at radius 1 is 1.18 bits per heavy atom. The minimum Gasteiger partial charge on any atom is -0.508 e. The lowest BCUT2D eigenvalue weighted by atomic mass is 9.96. The Morgan fingerprint density at radius 3 is 2.71 bits per heavy atom. The van der Waals surface area contributed by atoms with Gasteiger partial charge in [-0.2, -0.15) is 0 Å². The number of thioether (sulfide) groups is 1. The van der Waals surface area contributed by atoms with Gasteiger partial charge in [-0.15, -0.1) is 6.42 Å². The Hall–Kier alpha value is -3.37. The Labute approximate surface area is 201 Å². The van der Waals surface area contributed by atoms with E-state index in [0.717, 1.165) is 24.3 Å². The van der Waals surface area contributed by atoms with Crippen LogP contribution in [0.3, 0.4) is 0 Å². The number of terminal acetylenes is 1. The van der Waals surface area contributed by atoms with Gasteiger partial charge in [-0.25, -0.2) is 14.4 Å². The van der Waals surface area contributed by atoms with E-state index < -0.39 is 5.82 Å². The standard InChI is InChI=1S/C27H23FN4OS/c1-3-17-5-4-6-18-10-19(33)11-20(22(17)18)24-23(28)25-21(12-29-24)26(31-27(30-25)34-2)32-13-15-7-8-16(9-15)14-32/h1,4-6,10-12,15-16,33H,7-9,13-14H2,2H3. The Morgan fingerprint density at radius 2 is 1.97 bits per heavy atom. The molecule has 0 spiro atoms. The van der Waals surface area contributed by atoms with Crippen LogP contribution < -0.4 is 4.90 Å². The van der Waals surface area contributed by atoms with Crippen molar-refractivity contribution < 1.29 is 9.50 Å². The summed E-state index contributed by atoms with van der Waals surface area (Å²) in [7, 11) is 0. The van der Waals surface area contributed by atoms with Crippen LogP contribution in [-0.2, 0) is 0 Å². The van der Waals surface area contributed by atoms with Crippen molar-refractivity contribution in [1.82, 2.24) is 15.0 Å². The molecule has 0 amide bonds. The number of nitrogens with zero attached hydrogens (tertiary/aromatic N) is 4. The van der Waals surface area contributed by atoms with Crippen molar-refractivity contribution in [2.24, 2.45) is 11.8 Å². The second-order valence-electron chi connectivity index (χ2n) is 9.21. The van der Waals surface area contributed by atoms with Gasteiger partial charge < -0.3 is 10.0 Å². The van der Waals surface area contributed by atoms with E-state index >= 15 is 4.39 Å². The first-order valence-corrected chi connectivity index (χ1v) is 12.7. The smallest absolute Gasteiger partial charge is 0.189 e. The monoisotopic (exact) mass is 470 g/mol. The molecular formula is C27H23FN4OS. The molecule has 2 atom stereocenters. The van der Waals surface area contributed by atoms with Crippen molar-refractivity contribution in [1.29, 1.82) is 0 Å². The van der Waals surface area contributed by atoms with Gasteiger partial charge in [0.05, 0.1) is 5.39 Å². The number of hydrogen-bond donors (Lipinski definition) is 1. The highest BCUT2D eigenvalue weighted by atomic mass is 32.2. The number of piperidine rings is 1. The first kappa shape index (κ1) is 21.2. The van der Waals surface area contributed by atoms with Gasteiger partial charge in [0.2, 0.25) is 0 Å². The zero-order valence-corrected chi connectivity index (χ0v) is 19.6. The molecular weight excluding hydrogens is 447 g/mol. The fourth-order valence-electron chi connectivity index (χ4n) is 5.64. The van der Waals surface area contributed by atoms with E-state index in [1.807, 2.05) is 18.4 Å². The van der Waals surface area contributed by atoms with Gasteiger partial charge in [0, 0.05) is 35.8 Å². The maximum Gasteiger partial charge on any atom is 0.189 e. The summed E-state index contributed by atoms with van der Waals surface area (Å²) in [6.07, 6.45) is 13.1. The van der Waals surface area contributed by atoms with E-state index in [2.05, 4.69) is 20.8 Å². The fraction of sp³-hybridized carbons (Fsp3) is 0.296. The molecule has 2 aromatic heterocycles. The lowest BCUT2D eigenvalue weighted by molar-refractivity contribution is 0.419. The zero-order valence-electron chi connectivity index (χ0n) is 18.8. The molecule has 1 saturated carbocycles. The maximum absolute atomic E-state index is 16.2. The Balaban J connectivity index is 1.58. The average Bonchev–Trinajstić information content (AvgIpc) is 3.20. The molecule has 170 valence electrons. The quantitative estimate of drug-likeness (QED) is 0.238. The molecule has 4 aromatic rings. The summed E-state index contributed by atoms with van der Waals surface area (Å²) in [6.45, 7) is 1.87. The van der Waals surface area contributed by atoms with Crippen LogP contribution in [0.5, 0.6) is 5.75 Å². The molecule has 34 heavy (non-hydrogen) atoms. The number of hydrogen-bond acceptors (Lipinski definition) is 6. The normalized spacial score (nSPS) is 19.6. The summed E-state index contributed by atoms with van der Waals surface area (Å²) < 4.78 is 16.2. The van der Waals surface area contributed by atoms with Crippen LogP contribution in [0.1, 0.15) is 24.8 Å². The Bertz CT molecular complexity index is 1490. The number of halogens is 1. The van der Waals surface area contributed by atoms with E-state index in [1.54, 1.807) is 18.3 Å². The van der Waals surface area contributed by atoms with Crippen LogP contribution in [0.4, 0.5) is 10.2 Å². The van der Waals surface area contributed by atoms with Gasteiger partial charge in [0.25, 0.3) is 0 Å². The first-order chi connectivity index (χ1) is 16.6. The van der Waals surface area contributed by atoms with Crippen molar-refractivity contribution >= 4 is 39.3 Å². The number of phenolic OH excluding ortho intramolecular Hbond substituents is 1. The predicted octanol–water partition coefficient (Wildman–Crippen LogP) is 5.63. The van der Waals surface area contributed by atoms with E-state index in [1.165, 1.54) is 37.1 Å². The fourth-order valence-corrected chi connectivity index (χ4v) is 6.00. The van der Waals surface area contributed by atoms with E-state index in [0.29, 0.717) is 38.9 Å². The maximum atomic E-state index is 16.2. The summed E-state index contributed by atoms with van der Waals surface area (Å²) in [5, 5.41) is 12.9. The van der Waals surface area contributed by atoms with Crippen molar-refractivity contribution in [3.8, 4) is 29.4 Å². The van der Waals surface area contributed by atoms with Crippen LogP contribution in [0.15, 0.2) is 41.7 Å². The van der Waals surface area contributed by atoms with Gasteiger partial charge in [-0.3, -0.25) is 4.98 Å². The van der Waals surface area contributed by atoms with E-state index in [-0.39, 0.29) is 17.0 Å². The van der Waals surface area contributed by atoms with Gasteiger partial charge in [0.15, 0.2) is 11.0 Å². The summed E-state index contributed by atoms with van der Waals surface area (Å²) in [5.74, 6) is 4.25. The predicted molar refractivity (Wildman–Crippen MR) is 135 cm³/mol. The molecule has 3 heterocycles. The topological polar surface area (TPSA) is 62.1 Å². The van der Waals surface area contributed by atoms with Crippen LogP contribution >= 0.6 is 11.8 Å². The average molecular weight is 471 g/mol. The van der Waals surface area contributed by atoms with Gasteiger partial charge in [-0.1, -0.05) is 29.8 Å². The molecule has 2 aliphatic rings. The Kier molecular flexibility index (Phi) is 5.07. The van der Waals surface area contributed by atoms with E-state index in [9.17, 15) is 5.11 Å². The second-order valence-corrected chi connectivity index (χ2v) is 9.98. The zero-order chi connectivity index (χ0) is 23.4. The highest BCUT2D eigenvalue weighted by Gasteiger charge is 2.34. The van der Waals surface area contributed by atoms with Crippen molar-refractivity contribution in [2.75, 3.05) is 24.2 Å². The van der Waals surface area contributed by atoms with Crippen molar-refractivity contribution in [3.63, 3.8) is 0 Å². The van der Waals surface area contributed by atoms with Crippen molar-refractivity contribution in [3.05, 3.63) is 47.9 Å². The lowest BCUT2D eigenvalue weighted by Gasteiger charge is -2.33.